The van der Waals surface area contributed by atoms with Crippen LogP contribution in [0.3, 0.4) is 0 Å². The number of hydrogen-bond donors (Lipinski definition) is 1. The van der Waals surface area contributed by atoms with E-state index in [0.717, 1.165) is 18.0 Å². The molecule has 1 atom stereocenters. The number of aromatic amines is 1. The van der Waals surface area contributed by atoms with Crippen molar-refractivity contribution < 1.29 is 0 Å². The number of hydrogen-bond acceptors (Lipinski definition) is 3. The Morgan fingerprint density at radius 1 is 1.73 bits per heavy atom. The maximum atomic E-state index is 11.6. The molecule has 2 rings (SSSR count). The molecule has 1 aromatic heterocycles. The zero-order valence-corrected chi connectivity index (χ0v) is 10.9. The minimum Gasteiger partial charge on any atom is -0.309 e. The van der Waals surface area contributed by atoms with Crippen molar-refractivity contribution in [3.63, 3.8) is 0 Å². The van der Waals surface area contributed by atoms with Gasteiger partial charge in [0.25, 0.3) is 5.56 Å². The fraction of sp³-hybridized carbons (Fsp3) is 0.600. The van der Waals surface area contributed by atoms with Crippen LogP contribution in [0.1, 0.15) is 31.2 Å². The van der Waals surface area contributed by atoms with Gasteiger partial charge in [-0.15, -0.1) is 11.8 Å². The molecule has 0 radical (unpaired) electrons. The Labute approximate surface area is 101 Å². The van der Waals surface area contributed by atoms with Crippen LogP contribution in [0, 0.1) is 0 Å². The molecule has 82 valence electrons. The van der Waals surface area contributed by atoms with Crippen molar-refractivity contribution >= 4 is 27.7 Å². The van der Waals surface area contributed by atoms with Gasteiger partial charge in [-0.25, -0.2) is 4.98 Å². The summed E-state index contributed by atoms with van der Waals surface area (Å²) in [5, 5.41) is 0.555. The number of rotatable bonds is 2. The van der Waals surface area contributed by atoms with Crippen molar-refractivity contribution in [1.82, 2.24) is 9.97 Å². The quantitative estimate of drug-likeness (QED) is 0.850. The number of nitrogens with one attached hydrogen (secondary N) is 1. The highest BCUT2D eigenvalue weighted by molar-refractivity contribution is 9.08. The van der Waals surface area contributed by atoms with Gasteiger partial charge < -0.3 is 4.98 Å². The second-order valence-electron chi connectivity index (χ2n) is 3.90. The molecule has 5 heteroatoms. The predicted octanol–water partition coefficient (Wildman–Crippen LogP) is 2.41. The second-order valence-corrected chi connectivity index (χ2v) is 6.06. The molecule has 0 amide bonds. The van der Waals surface area contributed by atoms with Crippen molar-refractivity contribution in [1.29, 1.82) is 0 Å². The maximum Gasteiger partial charge on any atom is 0.254 e. The zero-order valence-electron chi connectivity index (χ0n) is 8.55. The molecule has 1 aromatic rings. The molecule has 2 heterocycles. The van der Waals surface area contributed by atoms with E-state index in [2.05, 4.69) is 32.8 Å². The first kappa shape index (κ1) is 11.2. The minimum atomic E-state index is -0.0226. The lowest BCUT2D eigenvalue weighted by Crippen LogP contribution is -2.24. The summed E-state index contributed by atoms with van der Waals surface area (Å²) in [6, 6.07) is 0. The van der Waals surface area contributed by atoms with Gasteiger partial charge in [-0.1, -0.05) is 15.9 Å². The van der Waals surface area contributed by atoms with E-state index in [9.17, 15) is 4.79 Å². The van der Waals surface area contributed by atoms with Crippen molar-refractivity contribution in [2.45, 2.75) is 29.8 Å². The molecule has 1 aliphatic rings. The third-order valence-corrected chi connectivity index (χ3v) is 4.87. The van der Waals surface area contributed by atoms with Crippen LogP contribution in [0.25, 0.3) is 0 Å². The fourth-order valence-electron chi connectivity index (χ4n) is 1.75. The van der Waals surface area contributed by atoms with Gasteiger partial charge in [-0.05, 0) is 25.5 Å². The number of aromatic nitrogens is 2. The topological polar surface area (TPSA) is 45.8 Å². The summed E-state index contributed by atoms with van der Waals surface area (Å²) in [7, 11) is 0. The summed E-state index contributed by atoms with van der Waals surface area (Å²) in [5.41, 5.74) is 0.663. The average molecular weight is 289 g/mol. The molecule has 0 bridgehead atoms. The number of alkyl halides is 1. The van der Waals surface area contributed by atoms with E-state index in [1.54, 1.807) is 6.20 Å². The summed E-state index contributed by atoms with van der Waals surface area (Å²) in [5.74, 6) is 1.97. The number of H-pyrrole nitrogens is 1. The van der Waals surface area contributed by atoms with Crippen LogP contribution in [0.15, 0.2) is 11.0 Å². The van der Waals surface area contributed by atoms with Crippen molar-refractivity contribution in [3.05, 3.63) is 27.9 Å². The Balaban J connectivity index is 2.37. The third-order valence-electron chi connectivity index (χ3n) is 2.74. The van der Waals surface area contributed by atoms with Crippen molar-refractivity contribution in [3.8, 4) is 0 Å². The van der Waals surface area contributed by atoms with Crippen molar-refractivity contribution in [2.24, 2.45) is 0 Å². The molecule has 15 heavy (non-hydrogen) atoms. The third kappa shape index (κ3) is 2.13. The van der Waals surface area contributed by atoms with E-state index >= 15 is 0 Å². The lowest BCUT2D eigenvalue weighted by atomic mass is 10.1. The van der Waals surface area contributed by atoms with Crippen molar-refractivity contribution in [2.75, 3.05) is 5.75 Å². The summed E-state index contributed by atoms with van der Waals surface area (Å²) in [6.45, 7) is 2.15. The van der Waals surface area contributed by atoms with Gasteiger partial charge >= 0.3 is 0 Å². The van der Waals surface area contributed by atoms with E-state index in [4.69, 9.17) is 0 Å². The molecular formula is C10H13BrN2OS. The van der Waals surface area contributed by atoms with Crippen LogP contribution in [0.4, 0.5) is 0 Å². The molecule has 1 N–H and O–H groups in total. The van der Waals surface area contributed by atoms with Crippen LogP contribution in [-0.4, -0.2) is 15.7 Å². The number of halogens is 1. The van der Waals surface area contributed by atoms with E-state index < -0.39 is 0 Å². The summed E-state index contributed by atoms with van der Waals surface area (Å²) in [4.78, 5) is 18.9. The van der Waals surface area contributed by atoms with Gasteiger partial charge in [0.2, 0.25) is 0 Å². The fourth-order valence-corrected chi connectivity index (χ4v) is 3.42. The molecule has 1 fully saturated rings. The molecule has 3 nitrogen and oxygen atoms in total. The molecular weight excluding hydrogens is 276 g/mol. The lowest BCUT2D eigenvalue weighted by Gasteiger charge is -2.20. The first-order chi connectivity index (χ1) is 7.15. The highest BCUT2D eigenvalue weighted by Gasteiger charge is 2.33. The summed E-state index contributed by atoms with van der Waals surface area (Å²) in [6.07, 6.45) is 3.96. The van der Waals surface area contributed by atoms with Gasteiger partial charge in [0, 0.05) is 17.1 Å². The molecule has 0 aromatic carbocycles. The lowest BCUT2D eigenvalue weighted by molar-refractivity contribution is 0.600. The molecule has 1 saturated heterocycles. The largest absolute Gasteiger partial charge is 0.309 e. The van der Waals surface area contributed by atoms with Gasteiger partial charge in [-0.2, -0.15) is 0 Å². The number of thioether (sulfide) groups is 1. The standard InChI is InChI=1S/C10H13BrN2OS/c1-10(3-2-4-15-10)9-12-6-7(5-11)8(14)13-9/h6H,2-5H2,1H3,(H,12,13,14). The summed E-state index contributed by atoms with van der Waals surface area (Å²) < 4.78 is 0.00397. The molecule has 0 aliphatic carbocycles. The zero-order chi connectivity index (χ0) is 10.9. The van der Waals surface area contributed by atoms with Crippen LogP contribution in [0.5, 0.6) is 0 Å². The Bertz CT molecular complexity index is 412. The Kier molecular flexibility index (Phi) is 3.21. The normalized spacial score (nSPS) is 25.7. The Hall–Kier alpha value is -0.290. The SMILES string of the molecule is CC1(c2ncc(CBr)c(=O)[nH]2)CCCS1. The molecule has 0 saturated carbocycles. The predicted molar refractivity (Wildman–Crippen MR) is 66.5 cm³/mol. The van der Waals surface area contributed by atoms with E-state index in [0.29, 0.717) is 10.9 Å². The monoisotopic (exact) mass is 288 g/mol. The highest BCUT2D eigenvalue weighted by atomic mass is 79.9. The van der Waals surface area contributed by atoms with Crippen LogP contribution >= 0.6 is 27.7 Å². The Morgan fingerprint density at radius 2 is 2.53 bits per heavy atom. The van der Waals surface area contributed by atoms with Gasteiger partial charge in [0.05, 0.1) is 4.75 Å². The maximum absolute atomic E-state index is 11.6. The van der Waals surface area contributed by atoms with E-state index in [-0.39, 0.29) is 10.3 Å². The van der Waals surface area contributed by atoms with Crippen LogP contribution < -0.4 is 5.56 Å². The molecule has 1 aliphatic heterocycles. The van der Waals surface area contributed by atoms with E-state index in [1.165, 1.54) is 6.42 Å². The van der Waals surface area contributed by atoms with Crippen LogP contribution in [0.2, 0.25) is 0 Å². The highest BCUT2D eigenvalue weighted by Crippen LogP contribution is 2.44. The van der Waals surface area contributed by atoms with Crippen LogP contribution in [-0.2, 0) is 10.1 Å². The van der Waals surface area contributed by atoms with Gasteiger partial charge in [0.15, 0.2) is 0 Å². The summed E-state index contributed by atoms with van der Waals surface area (Å²) >= 11 is 5.14. The minimum absolute atomic E-state index is 0.00397. The average Bonchev–Trinajstić information content (AvgIpc) is 2.66. The van der Waals surface area contributed by atoms with Gasteiger partial charge in [-0.3, -0.25) is 4.79 Å². The first-order valence-electron chi connectivity index (χ1n) is 4.94. The smallest absolute Gasteiger partial charge is 0.254 e. The Morgan fingerprint density at radius 3 is 3.07 bits per heavy atom. The van der Waals surface area contributed by atoms with E-state index in [1.807, 2.05) is 11.8 Å². The number of nitrogens with zero attached hydrogens (tertiary/aromatic N) is 1. The molecule has 1 unspecified atom stereocenters. The first-order valence-corrected chi connectivity index (χ1v) is 7.05. The second kappa shape index (κ2) is 4.29. The molecule has 0 spiro atoms. The van der Waals surface area contributed by atoms with Gasteiger partial charge in [0.1, 0.15) is 5.82 Å².